The van der Waals surface area contributed by atoms with Crippen molar-refractivity contribution in [1.82, 2.24) is 0 Å². The van der Waals surface area contributed by atoms with Gasteiger partial charge >= 0.3 is 5.97 Å². The third-order valence-electron chi connectivity index (χ3n) is 11.2. The van der Waals surface area contributed by atoms with Gasteiger partial charge in [-0.25, -0.2) is 0 Å². The largest absolute Gasteiger partial charge is 0.457 e. The Morgan fingerprint density at radius 2 is 1.02 bits per heavy atom. The minimum absolute atomic E-state index is 0.0556. The molecule has 61 heavy (non-hydrogen) atoms. The van der Waals surface area contributed by atoms with Crippen LogP contribution in [0.4, 0.5) is 0 Å². The molecule has 0 aromatic carbocycles. The normalized spacial score (nSPS) is 27.8. The van der Waals surface area contributed by atoms with Crippen molar-refractivity contribution in [1.29, 1.82) is 0 Å². The zero-order valence-electron chi connectivity index (χ0n) is 37.4. The molecule has 0 amide bonds. The average molecular weight is 873 g/mol. The highest BCUT2D eigenvalue weighted by Crippen LogP contribution is 2.26. The van der Waals surface area contributed by atoms with E-state index in [0.717, 1.165) is 51.4 Å². The summed E-state index contributed by atoms with van der Waals surface area (Å²) in [5, 5.41) is 71.5. The highest BCUT2D eigenvalue weighted by molar-refractivity contribution is 5.69. The lowest BCUT2D eigenvalue weighted by molar-refractivity contribution is -0.332. The van der Waals surface area contributed by atoms with Crippen molar-refractivity contribution in [3.05, 3.63) is 36.5 Å². The number of esters is 1. The van der Waals surface area contributed by atoms with Gasteiger partial charge in [-0.3, -0.25) is 4.79 Å². The Labute approximate surface area is 366 Å². The first kappa shape index (κ1) is 55.3. The Balaban J connectivity index is 1.62. The van der Waals surface area contributed by atoms with E-state index in [1.165, 1.54) is 77.0 Å². The molecule has 0 aromatic heterocycles. The summed E-state index contributed by atoms with van der Waals surface area (Å²) >= 11 is 0. The molecule has 0 aliphatic carbocycles. The molecule has 0 aromatic rings. The van der Waals surface area contributed by atoms with Gasteiger partial charge in [0, 0.05) is 13.0 Å². The van der Waals surface area contributed by atoms with E-state index in [0.29, 0.717) is 13.0 Å². The van der Waals surface area contributed by atoms with E-state index in [4.69, 9.17) is 28.4 Å². The van der Waals surface area contributed by atoms with Crippen LogP contribution >= 0.6 is 0 Å². The lowest BCUT2D eigenvalue weighted by atomic mass is 9.98. The fourth-order valence-electron chi connectivity index (χ4n) is 7.23. The number of carbonyl (C=O) groups is 1. The summed E-state index contributed by atoms with van der Waals surface area (Å²) in [7, 11) is 0. The quantitative estimate of drug-likeness (QED) is 0.0224. The maximum Gasteiger partial charge on any atom is 0.306 e. The Bertz CT molecular complexity index is 1150. The van der Waals surface area contributed by atoms with Crippen molar-refractivity contribution >= 4 is 5.97 Å². The first-order chi connectivity index (χ1) is 29.6. The molecule has 2 heterocycles. The molecule has 0 saturated carbocycles. The highest BCUT2D eigenvalue weighted by Gasteiger charge is 2.47. The lowest BCUT2D eigenvalue weighted by Crippen LogP contribution is -2.61. The lowest BCUT2D eigenvalue weighted by Gasteiger charge is -2.42. The number of hydrogen-bond donors (Lipinski definition) is 7. The number of carbonyl (C=O) groups excluding carboxylic acids is 1. The van der Waals surface area contributed by atoms with E-state index in [1.54, 1.807) is 0 Å². The van der Waals surface area contributed by atoms with Gasteiger partial charge in [0.1, 0.15) is 54.9 Å². The van der Waals surface area contributed by atoms with E-state index >= 15 is 0 Å². The predicted octanol–water partition coefficient (Wildman–Crippen LogP) is 5.85. The zero-order valence-corrected chi connectivity index (χ0v) is 37.4. The van der Waals surface area contributed by atoms with Crippen LogP contribution in [-0.2, 0) is 33.2 Å². The molecular weight excluding hydrogens is 789 g/mol. The third-order valence-corrected chi connectivity index (χ3v) is 11.2. The van der Waals surface area contributed by atoms with E-state index in [9.17, 15) is 40.5 Å². The topological polar surface area (TPSA) is 214 Å². The van der Waals surface area contributed by atoms with E-state index in [2.05, 4.69) is 43.4 Å². The van der Waals surface area contributed by atoms with E-state index in [1.807, 2.05) is 6.92 Å². The molecule has 356 valence electrons. The first-order valence-electron chi connectivity index (χ1n) is 23.6. The van der Waals surface area contributed by atoms with Crippen LogP contribution in [0.25, 0.3) is 0 Å². The molecular formula is C47H84O14. The van der Waals surface area contributed by atoms with Gasteiger partial charge in [0.05, 0.1) is 26.4 Å². The molecule has 11 unspecified atom stereocenters. The number of hydrogen-bond acceptors (Lipinski definition) is 14. The minimum atomic E-state index is -1.70. The predicted molar refractivity (Wildman–Crippen MR) is 233 cm³/mol. The van der Waals surface area contributed by atoms with Gasteiger partial charge in [-0.05, 0) is 51.4 Å². The van der Waals surface area contributed by atoms with Crippen LogP contribution in [0.1, 0.15) is 155 Å². The number of allylic oxidation sites excluding steroid dienone is 6. The molecule has 2 aliphatic rings. The van der Waals surface area contributed by atoms with Crippen molar-refractivity contribution < 1.29 is 69.0 Å². The Morgan fingerprint density at radius 1 is 0.541 bits per heavy atom. The van der Waals surface area contributed by atoms with Crippen LogP contribution in [0, 0.1) is 0 Å². The maximum atomic E-state index is 12.6. The van der Waals surface area contributed by atoms with Gasteiger partial charge in [-0.2, -0.15) is 0 Å². The van der Waals surface area contributed by atoms with Gasteiger partial charge in [0.2, 0.25) is 0 Å². The molecule has 0 bridgehead atoms. The molecule has 14 nitrogen and oxygen atoms in total. The number of ether oxygens (including phenoxy) is 6. The van der Waals surface area contributed by atoms with E-state index in [-0.39, 0.29) is 19.6 Å². The summed E-state index contributed by atoms with van der Waals surface area (Å²) in [5.41, 5.74) is 0. The minimum Gasteiger partial charge on any atom is -0.457 e. The van der Waals surface area contributed by atoms with Crippen LogP contribution in [0.3, 0.4) is 0 Å². The standard InChI is InChI=1S/C47H84O14/c1-3-5-7-8-9-10-11-12-13-14-15-16-17-18-19-20-21-22-23-24-25-26-27-29-31-56-33-36(59-39(49)30-28-6-4-2)34-57-46-45(55)43(53)41(51)38(61-46)35-58-47-44(54)42(52)40(50)37(32-48)60-47/h11-12,14-15,17-18,36-38,40-48,50-55H,3-10,13,16,19-35H2,1-2H3/b12-11-,15-14-,18-17-. The summed E-state index contributed by atoms with van der Waals surface area (Å²) in [5.74, 6) is -0.404. The smallest absolute Gasteiger partial charge is 0.306 e. The number of rotatable bonds is 36. The van der Waals surface area contributed by atoms with Gasteiger partial charge in [-0.15, -0.1) is 0 Å². The number of aliphatic hydroxyl groups is 7. The molecule has 2 rings (SSSR count). The Kier molecular flexibility index (Phi) is 32.2. The molecule has 11 atom stereocenters. The fourth-order valence-corrected chi connectivity index (χ4v) is 7.23. The summed E-state index contributed by atoms with van der Waals surface area (Å²) in [4.78, 5) is 12.6. The van der Waals surface area contributed by atoms with Gasteiger partial charge in [0.25, 0.3) is 0 Å². The third kappa shape index (κ3) is 24.2. The van der Waals surface area contributed by atoms with Crippen molar-refractivity contribution in [2.75, 3.05) is 33.0 Å². The summed E-state index contributed by atoms with van der Waals surface area (Å²) in [6.07, 6.45) is 21.8. The fraction of sp³-hybridized carbons (Fsp3) is 0.851. The van der Waals surface area contributed by atoms with E-state index < -0.39 is 86.7 Å². The van der Waals surface area contributed by atoms with Gasteiger partial charge in [-0.1, -0.05) is 134 Å². The molecule has 7 N–H and O–H groups in total. The second-order valence-corrected chi connectivity index (χ2v) is 16.6. The summed E-state index contributed by atoms with van der Waals surface area (Å²) in [6, 6.07) is 0. The SMILES string of the molecule is CCCCCCC/C=C\C/C=C\C/C=C\CCCCCCCCCCCOCC(COC1OC(COC2OC(CO)C(O)C(O)C2O)C(O)C(O)C1O)OC(=O)CCCCC. The second kappa shape index (κ2) is 35.5. The summed E-state index contributed by atoms with van der Waals surface area (Å²) < 4.78 is 33.8. The van der Waals surface area contributed by atoms with Gasteiger partial charge < -0.3 is 64.2 Å². The second-order valence-electron chi connectivity index (χ2n) is 16.6. The summed E-state index contributed by atoms with van der Waals surface area (Å²) in [6.45, 7) is 3.46. The molecule has 0 radical (unpaired) electrons. The molecule has 14 heteroatoms. The number of unbranched alkanes of at least 4 members (excludes halogenated alkanes) is 16. The van der Waals surface area contributed by atoms with Crippen LogP contribution in [0.15, 0.2) is 36.5 Å². The maximum absolute atomic E-state index is 12.6. The first-order valence-corrected chi connectivity index (χ1v) is 23.6. The monoisotopic (exact) mass is 873 g/mol. The van der Waals surface area contributed by atoms with Crippen LogP contribution < -0.4 is 0 Å². The van der Waals surface area contributed by atoms with Crippen LogP contribution in [0.2, 0.25) is 0 Å². The highest BCUT2D eigenvalue weighted by atomic mass is 16.7. The molecule has 2 fully saturated rings. The molecule has 2 aliphatic heterocycles. The average Bonchev–Trinajstić information content (AvgIpc) is 3.25. The van der Waals surface area contributed by atoms with Crippen molar-refractivity contribution in [2.45, 2.75) is 223 Å². The Hall–Kier alpha value is -1.79. The van der Waals surface area contributed by atoms with Crippen molar-refractivity contribution in [2.24, 2.45) is 0 Å². The molecule has 0 spiro atoms. The van der Waals surface area contributed by atoms with Crippen molar-refractivity contribution in [3.8, 4) is 0 Å². The van der Waals surface area contributed by atoms with Gasteiger partial charge in [0.15, 0.2) is 12.6 Å². The van der Waals surface area contributed by atoms with Crippen LogP contribution in [-0.4, -0.2) is 142 Å². The zero-order chi connectivity index (χ0) is 44.5. The van der Waals surface area contributed by atoms with Crippen molar-refractivity contribution in [3.63, 3.8) is 0 Å². The Morgan fingerprint density at radius 3 is 1.59 bits per heavy atom. The van der Waals surface area contributed by atoms with Crippen LogP contribution in [0.5, 0.6) is 0 Å². The number of aliphatic hydroxyl groups excluding tert-OH is 7. The molecule has 2 saturated heterocycles.